The first-order valence-electron chi connectivity index (χ1n) is 9.61. The molecule has 0 unspecified atom stereocenters. The van der Waals surface area contributed by atoms with Gasteiger partial charge in [-0.1, -0.05) is 31.2 Å². The van der Waals surface area contributed by atoms with Gasteiger partial charge in [0.1, 0.15) is 11.5 Å². The van der Waals surface area contributed by atoms with E-state index in [1.54, 1.807) is 10.6 Å². The summed E-state index contributed by atoms with van der Waals surface area (Å²) >= 11 is 0. The highest BCUT2D eigenvalue weighted by molar-refractivity contribution is 5.81. The molecule has 0 atom stereocenters. The highest BCUT2D eigenvalue weighted by Crippen LogP contribution is 2.27. The summed E-state index contributed by atoms with van der Waals surface area (Å²) in [4.78, 5) is 9.22. The van der Waals surface area contributed by atoms with Gasteiger partial charge in [-0.15, -0.1) is 10.2 Å². The van der Waals surface area contributed by atoms with Gasteiger partial charge in [-0.25, -0.2) is 8.96 Å². The lowest BCUT2D eigenvalue weighted by Gasteiger charge is -2.12. The number of benzene rings is 2. The van der Waals surface area contributed by atoms with Gasteiger partial charge in [0.15, 0.2) is 5.82 Å². The number of anilines is 1. The number of nitrogens with one attached hydrogen (secondary N) is 1. The minimum absolute atomic E-state index is 0.281. The minimum atomic E-state index is -0.281. The summed E-state index contributed by atoms with van der Waals surface area (Å²) in [6.07, 6.45) is 0.644. The van der Waals surface area contributed by atoms with Gasteiger partial charge < -0.3 is 15.8 Å². The minimum Gasteiger partial charge on any atom is -0.468 e. The number of nitrogens with zero attached hydrogens (tertiary/aromatic N) is 5. The molecule has 0 radical (unpaired) electrons. The number of halogens is 1. The number of aromatic nitrogens is 5. The molecule has 2 aromatic carbocycles. The Hall–Kier alpha value is -3.59. The molecule has 0 spiro atoms. The summed E-state index contributed by atoms with van der Waals surface area (Å²) in [6.45, 7) is 2.73. The van der Waals surface area contributed by atoms with Crippen molar-refractivity contribution in [2.45, 2.75) is 26.4 Å². The lowest BCUT2D eigenvalue weighted by atomic mass is 10.2. The van der Waals surface area contributed by atoms with E-state index in [0.717, 1.165) is 22.2 Å². The van der Waals surface area contributed by atoms with Crippen LogP contribution in [-0.2, 0) is 19.5 Å². The van der Waals surface area contributed by atoms with Crippen molar-refractivity contribution in [3.05, 3.63) is 65.1 Å². The molecule has 0 saturated carbocycles. The van der Waals surface area contributed by atoms with Crippen molar-refractivity contribution in [2.24, 2.45) is 5.73 Å². The van der Waals surface area contributed by atoms with Gasteiger partial charge in [-0.2, -0.15) is 9.97 Å². The maximum atomic E-state index is 13.5. The molecule has 0 aliphatic rings. The van der Waals surface area contributed by atoms with Crippen LogP contribution in [0.2, 0.25) is 0 Å². The van der Waals surface area contributed by atoms with Crippen LogP contribution in [0.3, 0.4) is 0 Å². The summed E-state index contributed by atoms with van der Waals surface area (Å²) in [5.41, 5.74) is 9.76. The summed E-state index contributed by atoms with van der Waals surface area (Å²) < 4.78 is 20.7. The predicted octanol–water partition coefficient (Wildman–Crippen LogP) is 2.99. The molecule has 0 amide bonds. The maximum Gasteiger partial charge on any atom is 0.304 e. The van der Waals surface area contributed by atoms with Crippen molar-refractivity contribution in [1.82, 2.24) is 24.7 Å². The zero-order chi connectivity index (χ0) is 21.1. The van der Waals surface area contributed by atoms with Crippen molar-refractivity contribution in [3.63, 3.8) is 0 Å². The quantitative estimate of drug-likeness (QED) is 0.485. The smallest absolute Gasteiger partial charge is 0.304 e. The monoisotopic (exact) mass is 407 g/mol. The number of imidazole rings is 1. The predicted molar refractivity (Wildman–Crippen MR) is 112 cm³/mol. The van der Waals surface area contributed by atoms with Crippen LogP contribution in [0, 0.1) is 5.82 Å². The van der Waals surface area contributed by atoms with Crippen molar-refractivity contribution >= 4 is 16.9 Å². The molecule has 0 aliphatic carbocycles. The number of ether oxygens (including phenoxy) is 1. The molecular weight excluding hydrogens is 385 g/mol. The Bertz CT molecular complexity index is 1190. The van der Waals surface area contributed by atoms with Crippen molar-refractivity contribution < 1.29 is 9.13 Å². The van der Waals surface area contributed by atoms with E-state index in [1.807, 2.05) is 31.2 Å². The Morgan fingerprint density at radius 2 is 1.97 bits per heavy atom. The fraction of sp³-hybridized carbons (Fsp3) is 0.238. The molecule has 9 heteroatoms. The van der Waals surface area contributed by atoms with Crippen molar-refractivity contribution in [2.75, 3.05) is 12.4 Å². The van der Waals surface area contributed by atoms with E-state index >= 15 is 0 Å². The summed E-state index contributed by atoms with van der Waals surface area (Å²) in [7, 11) is 1.54. The van der Waals surface area contributed by atoms with Crippen LogP contribution in [0.4, 0.5) is 10.2 Å². The zero-order valence-corrected chi connectivity index (χ0v) is 16.8. The molecule has 2 heterocycles. The highest BCUT2D eigenvalue weighted by Gasteiger charge is 2.19. The number of rotatable bonds is 7. The van der Waals surface area contributed by atoms with Crippen LogP contribution in [0.1, 0.15) is 23.7 Å². The standard InChI is InChI=1S/C21H22FN7O/c1-3-16-19(24-12-13-6-4-8-15(22)10-13)26-20(28-27-16)29-17-9-5-7-14(11-23)18(17)25-21(29)30-2/h4-10H,3,11-12,23H2,1-2H3,(H,24,26,28). The van der Waals surface area contributed by atoms with Crippen LogP contribution in [0.5, 0.6) is 6.01 Å². The first kappa shape index (κ1) is 19.7. The fourth-order valence-electron chi connectivity index (χ4n) is 3.28. The van der Waals surface area contributed by atoms with Crippen LogP contribution in [0.15, 0.2) is 42.5 Å². The number of methoxy groups -OCH3 is 1. The molecule has 30 heavy (non-hydrogen) atoms. The van der Waals surface area contributed by atoms with Gasteiger partial charge in [0.2, 0.25) is 0 Å². The first-order valence-corrected chi connectivity index (χ1v) is 9.61. The summed E-state index contributed by atoms with van der Waals surface area (Å²) in [5.74, 6) is 0.616. The molecule has 3 N–H and O–H groups in total. The number of nitrogens with two attached hydrogens (primary N) is 1. The average molecular weight is 407 g/mol. The third-order valence-electron chi connectivity index (χ3n) is 4.77. The van der Waals surface area contributed by atoms with E-state index in [1.165, 1.54) is 19.2 Å². The molecule has 154 valence electrons. The van der Waals surface area contributed by atoms with Crippen LogP contribution >= 0.6 is 0 Å². The van der Waals surface area contributed by atoms with E-state index in [0.29, 0.717) is 43.0 Å². The van der Waals surface area contributed by atoms with Gasteiger partial charge >= 0.3 is 6.01 Å². The summed E-state index contributed by atoms with van der Waals surface area (Å²) in [6, 6.07) is 12.5. The Balaban J connectivity index is 1.76. The maximum absolute atomic E-state index is 13.5. The van der Waals surface area contributed by atoms with Gasteiger partial charge in [-0.05, 0) is 35.7 Å². The fourth-order valence-corrected chi connectivity index (χ4v) is 3.28. The molecule has 0 bridgehead atoms. The second-order valence-electron chi connectivity index (χ2n) is 6.67. The number of aryl methyl sites for hydroxylation is 1. The van der Waals surface area contributed by atoms with E-state index in [2.05, 4.69) is 25.5 Å². The van der Waals surface area contributed by atoms with E-state index in [-0.39, 0.29) is 5.82 Å². The van der Waals surface area contributed by atoms with Crippen LogP contribution in [-0.4, -0.2) is 31.8 Å². The molecule has 4 aromatic rings. The Morgan fingerprint density at radius 1 is 1.13 bits per heavy atom. The second-order valence-corrected chi connectivity index (χ2v) is 6.67. The Kier molecular flexibility index (Phi) is 5.53. The topological polar surface area (TPSA) is 104 Å². The average Bonchev–Trinajstić information content (AvgIpc) is 3.16. The van der Waals surface area contributed by atoms with Gasteiger partial charge in [-0.3, -0.25) is 0 Å². The number of hydrogen-bond acceptors (Lipinski definition) is 7. The number of para-hydroxylation sites is 1. The highest BCUT2D eigenvalue weighted by atomic mass is 19.1. The third kappa shape index (κ3) is 3.67. The molecule has 8 nitrogen and oxygen atoms in total. The Morgan fingerprint density at radius 3 is 2.70 bits per heavy atom. The lowest BCUT2D eigenvalue weighted by Crippen LogP contribution is -2.12. The lowest BCUT2D eigenvalue weighted by molar-refractivity contribution is 0.373. The molecular formula is C21H22FN7O. The Labute approximate surface area is 172 Å². The van der Waals surface area contributed by atoms with E-state index in [9.17, 15) is 4.39 Å². The number of hydrogen-bond donors (Lipinski definition) is 2. The molecule has 0 aliphatic heterocycles. The van der Waals surface area contributed by atoms with Crippen LogP contribution in [0.25, 0.3) is 17.0 Å². The molecule has 2 aromatic heterocycles. The largest absolute Gasteiger partial charge is 0.468 e. The number of fused-ring (bicyclic) bond motifs is 1. The van der Waals surface area contributed by atoms with Gasteiger partial charge in [0.25, 0.3) is 5.95 Å². The van der Waals surface area contributed by atoms with E-state index in [4.69, 9.17) is 10.5 Å². The molecule has 4 rings (SSSR count). The van der Waals surface area contributed by atoms with Crippen LogP contribution < -0.4 is 15.8 Å². The molecule has 0 fully saturated rings. The molecule has 0 saturated heterocycles. The third-order valence-corrected chi connectivity index (χ3v) is 4.77. The SMILES string of the molecule is CCc1nnc(-n2c(OC)nc3c(CN)cccc32)nc1NCc1cccc(F)c1. The second kappa shape index (κ2) is 8.42. The van der Waals surface area contributed by atoms with Gasteiger partial charge in [0, 0.05) is 13.1 Å². The normalized spacial score (nSPS) is 11.1. The first-order chi connectivity index (χ1) is 14.6. The van der Waals surface area contributed by atoms with E-state index < -0.39 is 0 Å². The zero-order valence-electron chi connectivity index (χ0n) is 16.8. The summed E-state index contributed by atoms with van der Waals surface area (Å²) in [5, 5.41) is 11.9. The van der Waals surface area contributed by atoms with Gasteiger partial charge in [0.05, 0.1) is 18.1 Å². The van der Waals surface area contributed by atoms with Crippen molar-refractivity contribution in [3.8, 4) is 12.0 Å². The van der Waals surface area contributed by atoms with Crippen molar-refractivity contribution in [1.29, 1.82) is 0 Å².